The molecule has 0 fully saturated rings. The molecule has 0 aliphatic carbocycles. The first-order chi connectivity index (χ1) is 12.0. The van der Waals surface area contributed by atoms with Gasteiger partial charge in [0.15, 0.2) is 17.5 Å². The van der Waals surface area contributed by atoms with Crippen molar-refractivity contribution in [2.45, 2.75) is 13.0 Å². The van der Waals surface area contributed by atoms with Crippen LogP contribution in [0.5, 0.6) is 0 Å². The molecule has 25 heavy (non-hydrogen) atoms. The van der Waals surface area contributed by atoms with E-state index < -0.39 is 17.5 Å². The zero-order valence-electron chi connectivity index (χ0n) is 13.1. The van der Waals surface area contributed by atoms with E-state index >= 15 is 0 Å². The normalized spacial score (nSPS) is 10.8. The van der Waals surface area contributed by atoms with Crippen molar-refractivity contribution < 1.29 is 13.2 Å². The van der Waals surface area contributed by atoms with Gasteiger partial charge < -0.3 is 10.3 Å². The molecule has 0 bridgehead atoms. The van der Waals surface area contributed by atoms with Gasteiger partial charge in [0, 0.05) is 30.9 Å². The van der Waals surface area contributed by atoms with Crippen molar-refractivity contribution in [2.75, 3.05) is 0 Å². The van der Waals surface area contributed by atoms with E-state index in [9.17, 15) is 13.2 Å². The van der Waals surface area contributed by atoms with E-state index in [2.05, 4.69) is 4.98 Å². The number of imidazole rings is 1. The summed E-state index contributed by atoms with van der Waals surface area (Å²) in [5.41, 5.74) is 7.01. The minimum atomic E-state index is -1.48. The van der Waals surface area contributed by atoms with Gasteiger partial charge in [-0.15, -0.1) is 0 Å². The molecule has 3 N–H and O–H groups in total. The Balaban J connectivity index is 1.85. The molecule has 3 rings (SSSR count). The molecule has 0 unspecified atom stereocenters. The van der Waals surface area contributed by atoms with Crippen molar-refractivity contribution in [1.29, 1.82) is 5.41 Å². The molecule has 1 aromatic heterocycles. The second-order valence-electron chi connectivity index (χ2n) is 5.60. The van der Waals surface area contributed by atoms with Crippen molar-refractivity contribution in [2.24, 2.45) is 5.73 Å². The van der Waals surface area contributed by atoms with Crippen molar-refractivity contribution >= 4 is 5.84 Å². The lowest BCUT2D eigenvalue weighted by Crippen LogP contribution is -2.12. The largest absolute Gasteiger partial charge is 0.384 e. The summed E-state index contributed by atoms with van der Waals surface area (Å²) in [5, 5.41) is 7.48. The van der Waals surface area contributed by atoms with Crippen molar-refractivity contribution in [3.8, 4) is 0 Å². The number of aromatic nitrogens is 2. The highest BCUT2D eigenvalue weighted by Crippen LogP contribution is 2.18. The molecule has 0 saturated heterocycles. The summed E-state index contributed by atoms with van der Waals surface area (Å²) >= 11 is 0. The van der Waals surface area contributed by atoms with Gasteiger partial charge in [-0.2, -0.15) is 0 Å². The molecule has 0 atom stereocenters. The van der Waals surface area contributed by atoms with Gasteiger partial charge in [0.2, 0.25) is 0 Å². The second-order valence-corrected chi connectivity index (χ2v) is 5.60. The maximum atomic E-state index is 13.9. The van der Waals surface area contributed by atoms with Crippen LogP contribution < -0.4 is 5.73 Å². The third-order valence-electron chi connectivity index (χ3n) is 3.86. The number of nitrogens with zero attached hydrogens (tertiary/aromatic N) is 2. The molecule has 7 heteroatoms. The zero-order chi connectivity index (χ0) is 18.0. The number of nitrogens with two attached hydrogens (primary N) is 1. The van der Waals surface area contributed by atoms with E-state index in [4.69, 9.17) is 11.1 Å². The van der Waals surface area contributed by atoms with Crippen LogP contribution in [0, 0.1) is 22.9 Å². The topological polar surface area (TPSA) is 67.7 Å². The maximum absolute atomic E-state index is 13.9. The average molecular weight is 344 g/mol. The lowest BCUT2D eigenvalue weighted by Gasteiger charge is -2.10. The second kappa shape index (κ2) is 6.80. The van der Waals surface area contributed by atoms with E-state index in [-0.39, 0.29) is 17.8 Å². The number of hydrogen-bond donors (Lipinski definition) is 2. The lowest BCUT2D eigenvalue weighted by atomic mass is 10.1. The monoisotopic (exact) mass is 344 g/mol. The van der Waals surface area contributed by atoms with Gasteiger partial charge in [-0.1, -0.05) is 24.3 Å². The van der Waals surface area contributed by atoms with Crippen LogP contribution in [0.2, 0.25) is 0 Å². The highest BCUT2D eigenvalue weighted by atomic mass is 19.2. The molecule has 4 nitrogen and oxygen atoms in total. The Kier molecular flexibility index (Phi) is 4.56. The van der Waals surface area contributed by atoms with Gasteiger partial charge in [-0.05, 0) is 23.3 Å². The molecular formula is C18H15F3N4. The maximum Gasteiger partial charge on any atom is 0.194 e. The molecule has 2 aromatic carbocycles. The fourth-order valence-corrected chi connectivity index (χ4v) is 2.56. The quantitative estimate of drug-likeness (QED) is 0.424. The average Bonchev–Trinajstić information content (AvgIpc) is 3.02. The Bertz CT molecular complexity index is 934. The summed E-state index contributed by atoms with van der Waals surface area (Å²) in [7, 11) is 0. The predicted molar refractivity (Wildman–Crippen MR) is 87.9 cm³/mol. The summed E-state index contributed by atoms with van der Waals surface area (Å²) < 4.78 is 42.1. The molecule has 0 saturated carbocycles. The minimum Gasteiger partial charge on any atom is -0.384 e. The Hall–Kier alpha value is -3.09. The van der Waals surface area contributed by atoms with Gasteiger partial charge in [0.05, 0.1) is 0 Å². The van der Waals surface area contributed by atoms with Crippen molar-refractivity contribution in [3.63, 3.8) is 0 Å². The number of nitrogen functional groups attached to an aromatic ring is 1. The summed E-state index contributed by atoms with van der Waals surface area (Å²) in [6, 6.07) is 9.29. The molecule has 1 heterocycles. The third-order valence-corrected chi connectivity index (χ3v) is 3.86. The van der Waals surface area contributed by atoms with Gasteiger partial charge in [0.25, 0.3) is 0 Å². The van der Waals surface area contributed by atoms with Crippen LogP contribution >= 0.6 is 0 Å². The first kappa shape index (κ1) is 16.8. The zero-order valence-corrected chi connectivity index (χ0v) is 13.1. The fourth-order valence-electron chi connectivity index (χ4n) is 2.56. The van der Waals surface area contributed by atoms with Gasteiger partial charge in [-0.25, -0.2) is 18.2 Å². The van der Waals surface area contributed by atoms with E-state index in [1.165, 1.54) is 6.07 Å². The van der Waals surface area contributed by atoms with Crippen LogP contribution in [0.15, 0.2) is 48.8 Å². The van der Waals surface area contributed by atoms with Gasteiger partial charge >= 0.3 is 0 Å². The van der Waals surface area contributed by atoms with Crippen molar-refractivity contribution in [1.82, 2.24) is 9.55 Å². The molecular weight excluding hydrogens is 329 g/mol. The van der Waals surface area contributed by atoms with Crippen LogP contribution in [0.1, 0.15) is 22.5 Å². The SMILES string of the molecule is N=C(N)c1cccc(Cn2ccnc2Cc2ccc(F)c(F)c2F)c1. The van der Waals surface area contributed by atoms with Crippen LogP contribution in [-0.4, -0.2) is 15.4 Å². The lowest BCUT2D eigenvalue weighted by molar-refractivity contribution is 0.441. The number of hydrogen-bond acceptors (Lipinski definition) is 2. The van der Waals surface area contributed by atoms with Crippen LogP contribution in [0.25, 0.3) is 0 Å². The first-order valence-corrected chi connectivity index (χ1v) is 7.51. The van der Waals surface area contributed by atoms with Gasteiger partial charge in [-0.3, -0.25) is 5.41 Å². The standard InChI is InChI=1S/C18H15F3N4/c19-14-5-4-12(16(20)17(14)21)9-15-24-6-7-25(15)10-11-2-1-3-13(8-11)18(22)23/h1-8H,9-10H2,(H3,22,23). The number of benzene rings is 2. The predicted octanol–water partition coefficient (Wildman–Crippen LogP) is 3.22. The van der Waals surface area contributed by atoms with Crippen LogP contribution in [0.4, 0.5) is 13.2 Å². The number of amidine groups is 1. The van der Waals surface area contributed by atoms with Gasteiger partial charge in [0.1, 0.15) is 11.7 Å². The van der Waals surface area contributed by atoms with E-state index in [0.717, 1.165) is 11.6 Å². The van der Waals surface area contributed by atoms with E-state index in [1.807, 2.05) is 6.07 Å². The third kappa shape index (κ3) is 3.55. The highest BCUT2D eigenvalue weighted by molar-refractivity contribution is 5.95. The summed E-state index contributed by atoms with van der Waals surface area (Å²) in [5.74, 6) is -3.42. The summed E-state index contributed by atoms with van der Waals surface area (Å²) in [4.78, 5) is 4.17. The summed E-state index contributed by atoms with van der Waals surface area (Å²) in [6.45, 7) is 0.432. The first-order valence-electron chi connectivity index (χ1n) is 7.51. The molecule has 0 aliphatic rings. The molecule has 0 spiro atoms. The van der Waals surface area contributed by atoms with Crippen LogP contribution in [-0.2, 0) is 13.0 Å². The minimum absolute atomic E-state index is 0.0302. The molecule has 0 amide bonds. The van der Waals surface area contributed by atoms with Crippen LogP contribution in [0.3, 0.4) is 0 Å². The number of nitrogens with one attached hydrogen (secondary N) is 1. The van der Waals surface area contributed by atoms with E-state index in [1.54, 1.807) is 35.2 Å². The number of halogens is 3. The number of rotatable bonds is 5. The van der Waals surface area contributed by atoms with Crippen molar-refractivity contribution in [3.05, 3.63) is 88.8 Å². The molecule has 0 aliphatic heterocycles. The Morgan fingerprint density at radius 1 is 1.12 bits per heavy atom. The summed E-state index contributed by atoms with van der Waals surface area (Å²) in [6.07, 6.45) is 3.30. The Morgan fingerprint density at radius 3 is 2.68 bits per heavy atom. The molecule has 3 aromatic rings. The Labute approximate surface area is 142 Å². The highest BCUT2D eigenvalue weighted by Gasteiger charge is 2.15. The van der Waals surface area contributed by atoms with E-state index in [0.29, 0.717) is 17.9 Å². The smallest absolute Gasteiger partial charge is 0.194 e. The fraction of sp³-hybridized carbons (Fsp3) is 0.111. The Morgan fingerprint density at radius 2 is 1.92 bits per heavy atom. The molecule has 0 radical (unpaired) electrons. The molecule has 128 valence electrons.